The smallest absolute Gasteiger partial charge is 0.261 e. The lowest BCUT2D eigenvalue weighted by atomic mass is 9.87. The Hall–Kier alpha value is -3.23. The molecule has 2 amide bonds. The lowest BCUT2D eigenvalue weighted by Crippen LogP contribution is -2.34. The zero-order valence-electron chi connectivity index (χ0n) is 20.9. The number of rotatable bonds is 6. The maximum atomic E-state index is 12.8. The van der Waals surface area contributed by atoms with Gasteiger partial charge in [0.15, 0.2) is 5.11 Å². The van der Waals surface area contributed by atoms with Crippen LogP contribution in [-0.4, -0.2) is 23.0 Å². The number of halogens is 1. The summed E-state index contributed by atoms with van der Waals surface area (Å²) in [5.74, 6) is -0.0974. The van der Waals surface area contributed by atoms with Crippen LogP contribution in [0.3, 0.4) is 0 Å². The minimum Gasteiger partial charge on any atom is -0.490 e. The van der Waals surface area contributed by atoms with Crippen molar-refractivity contribution in [1.82, 2.24) is 5.32 Å². The number of hydrogen-bond acceptors (Lipinski definition) is 4. The van der Waals surface area contributed by atoms with Gasteiger partial charge in [0.05, 0.1) is 11.7 Å². The summed E-state index contributed by atoms with van der Waals surface area (Å²) in [6.07, 6.45) is -0.0790. The van der Waals surface area contributed by atoms with Gasteiger partial charge in [-0.15, -0.1) is 0 Å². The molecule has 0 aromatic heterocycles. The van der Waals surface area contributed by atoms with E-state index in [4.69, 9.17) is 17.0 Å². The van der Waals surface area contributed by atoms with Crippen molar-refractivity contribution in [3.63, 3.8) is 0 Å². The van der Waals surface area contributed by atoms with E-state index in [0.717, 1.165) is 4.47 Å². The first-order valence-electron chi connectivity index (χ1n) is 11.5. The number of anilines is 2. The predicted octanol–water partition coefficient (Wildman–Crippen LogP) is 6.91. The third-order valence-corrected chi connectivity index (χ3v) is 5.89. The molecule has 0 fully saturated rings. The first-order valence-corrected chi connectivity index (χ1v) is 12.7. The molecule has 0 bridgehead atoms. The van der Waals surface area contributed by atoms with Gasteiger partial charge in [-0.05, 0) is 91.6 Å². The number of hydrogen-bond donors (Lipinski definition) is 3. The van der Waals surface area contributed by atoms with E-state index < -0.39 is 0 Å². The van der Waals surface area contributed by atoms with E-state index in [1.165, 1.54) is 5.56 Å². The van der Waals surface area contributed by atoms with Crippen molar-refractivity contribution >= 4 is 56.4 Å². The summed E-state index contributed by atoms with van der Waals surface area (Å²) in [6.45, 7) is 10.2. The molecular weight excluding hydrogens is 538 g/mol. The molecule has 8 heteroatoms. The number of carbonyl (C=O) groups is 2. The van der Waals surface area contributed by atoms with Gasteiger partial charge in [0.25, 0.3) is 11.8 Å². The summed E-state index contributed by atoms with van der Waals surface area (Å²) in [5.41, 5.74) is 3.46. The summed E-state index contributed by atoms with van der Waals surface area (Å²) in [6, 6.07) is 19.9. The third-order valence-electron chi connectivity index (χ3n) is 5.19. The normalized spacial score (nSPS) is 11.1. The van der Waals surface area contributed by atoms with Crippen molar-refractivity contribution in [3.05, 3.63) is 87.9 Å². The van der Waals surface area contributed by atoms with Crippen molar-refractivity contribution in [2.75, 3.05) is 10.6 Å². The SMILES string of the molecule is CC(C)Oc1ccc(Br)cc1C(=O)NC(=S)Nc1ccc(NC(=O)c2ccc(C(C)(C)C)cc2)cc1. The summed E-state index contributed by atoms with van der Waals surface area (Å²) in [5, 5.41) is 8.70. The largest absolute Gasteiger partial charge is 0.490 e. The maximum absolute atomic E-state index is 12.8. The van der Waals surface area contributed by atoms with Crippen LogP contribution >= 0.6 is 28.1 Å². The molecule has 3 aromatic carbocycles. The third kappa shape index (κ3) is 7.63. The predicted molar refractivity (Wildman–Crippen MR) is 153 cm³/mol. The van der Waals surface area contributed by atoms with E-state index in [1.54, 1.807) is 36.4 Å². The average Bonchev–Trinajstić information content (AvgIpc) is 2.80. The van der Waals surface area contributed by atoms with Gasteiger partial charge in [0.1, 0.15) is 5.75 Å². The van der Waals surface area contributed by atoms with Crippen molar-refractivity contribution in [2.45, 2.75) is 46.1 Å². The van der Waals surface area contributed by atoms with E-state index in [9.17, 15) is 9.59 Å². The van der Waals surface area contributed by atoms with Crippen molar-refractivity contribution in [2.24, 2.45) is 0 Å². The molecule has 36 heavy (non-hydrogen) atoms. The summed E-state index contributed by atoms with van der Waals surface area (Å²) >= 11 is 8.70. The fourth-order valence-electron chi connectivity index (χ4n) is 3.33. The average molecular weight is 569 g/mol. The number of nitrogens with one attached hydrogen (secondary N) is 3. The van der Waals surface area contributed by atoms with Crippen LogP contribution in [0.5, 0.6) is 5.75 Å². The fraction of sp³-hybridized carbons (Fsp3) is 0.250. The Balaban J connectivity index is 1.59. The van der Waals surface area contributed by atoms with Crippen molar-refractivity contribution in [3.8, 4) is 5.75 Å². The molecule has 0 saturated carbocycles. The molecule has 0 spiro atoms. The Labute approximate surface area is 226 Å². The summed E-state index contributed by atoms with van der Waals surface area (Å²) < 4.78 is 6.49. The number of ether oxygens (including phenoxy) is 1. The molecule has 0 aliphatic carbocycles. The molecule has 6 nitrogen and oxygen atoms in total. The van der Waals surface area contributed by atoms with Crippen LogP contribution in [0.25, 0.3) is 0 Å². The highest BCUT2D eigenvalue weighted by Gasteiger charge is 2.16. The van der Waals surface area contributed by atoms with E-state index in [0.29, 0.717) is 28.3 Å². The zero-order chi connectivity index (χ0) is 26.5. The van der Waals surface area contributed by atoms with E-state index >= 15 is 0 Å². The van der Waals surface area contributed by atoms with Crippen molar-refractivity contribution in [1.29, 1.82) is 0 Å². The Kier molecular flexibility index (Phi) is 8.87. The molecule has 0 unspecified atom stereocenters. The minimum absolute atomic E-state index is 0.0278. The lowest BCUT2D eigenvalue weighted by molar-refractivity contribution is 0.0970. The first-order chi connectivity index (χ1) is 16.9. The van der Waals surface area contributed by atoms with Crippen LogP contribution < -0.4 is 20.7 Å². The van der Waals surface area contributed by atoms with Crippen LogP contribution in [0.2, 0.25) is 0 Å². The molecule has 0 atom stereocenters. The summed E-state index contributed by atoms with van der Waals surface area (Å²) in [4.78, 5) is 25.4. The Bertz CT molecular complexity index is 1250. The monoisotopic (exact) mass is 567 g/mol. The number of benzene rings is 3. The van der Waals surface area contributed by atoms with Gasteiger partial charge in [-0.25, -0.2) is 0 Å². The lowest BCUT2D eigenvalue weighted by Gasteiger charge is -2.19. The molecule has 0 aliphatic rings. The molecule has 0 saturated heterocycles. The Morgan fingerprint density at radius 1 is 0.861 bits per heavy atom. The fourth-order valence-corrected chi connectivity index (χ4v) is 3.90. The topological polar surface area (TPSA) is 79.5 Å². The Morgan fingerprint density at radius 3 is 2.00 bits per heavy atom. The highest BCUT2D eigenvalue weighted by atomic mass is 79.9. The highest BCUT2D eigenvalue weighted by molar-refractivity contribution is 9.10. The number of amides is 2. The molecule has 188 valence electrons. The van der Waals surface area contributed by atoms with Gasteiger partial charge in [0.2, 0.25) is 0 Å². The second-order valence-electron chi connectivity index (χ2n) is 9.57. The molecule has 3 rings (SSSR count). The van der Waals surface area contributed by atoms with Gasteiger partial charge >= 0.3 is 0 Å². The maximum Gasteiger partial charge on any atom is 0.261 e. The highest BCUT2D eigenvalue weighted by Crippen LogP contribution is 2.25. The van der Waals surface area contributed by atoms with Crippen LogP contribution in [0.4, 0.5) is 11.4 Å². The van der Waals surface area contributed by atoms with Crippen molar-refractivity contribution < 1.29 is 14.3 Å². The van der Waals surface area contributed by atoms with Gasteiger partial charge < -0.3 is 15.4 Å². The second-order valence-corrected chi connectivity index (χ2v) is 10.9. The number of carbonyl (C=O) groups excluding carboxylic acids is 2. The molecule has 0 radical (unpaired) electrons. The van der Waals surface area contributed by atoms with Crippen LogP contribution in [0.15, 0.2) is 71.2 Å². The van der Waals surface area contributed by atoms with Gasteiger partial charge in [0, 0.05) is 21.4 Å². The van der Waals surface area contributed by atoms with Crippen LogP contribution in [-0.2, 0) is 5.41 Å². The van der Waals surface area contributed by atoms with E-state index in [-0.39, 0.29) is 28.4 Å². The van der Waals surface area contributed by atoms with Crippen LogP contribution in [0.1, 0.15) is 60.9 Å². The first kappa shape index (κ1) is 27.4. The molecule has 0 heterocycles. The Morgan fingerprint density at radius 2 is 1.44 bits per heavy atom. The van der Waals surface area contributed by atoms with Gasteiger partial charge in [-0.2, -0.15) is 0 Å². The van der Waals surface area contributed by atoms with Crippen LogP contribution in [0, 0.1) is 0 Å². The standard InChI is InChI=1S/C28H30BrN3O3S/c1-17(2)35-24-15-10-20(29)16-23(24)26(34)32-27(36)31-22-13-11-21(12-14-22)30-25(33)18-6-8-19(9-7-18)28(3,4)5/h6-17H,1-5H3,(H,30,33)(H2,31,32,34,36). The van der Waals surface area contributed by atoms with Gasteiger partial charge in [-0.3, -0.25) is 14.9 Å². The van der Waals surface area contributed by atoms with E-state index in [2.05, 4.69) is 52.7 Å². The molecule has 3 N–H and O–H groups in total. The molecule has 3 aromatic rings. The number of thiocarbonyl (C=S) groups is 1. The quantitative estimate of drug-likeness (QED) is 0.282. The molecular formula is C28H30BrN3O3S. The van der Waals surface area contributed by atoms with E-state index in [1.807, 2.05) is 44.2 Å². The molecule has 0 aliphatic heterocycles. The minimum atomic E-state index is -0.384. The zero-order valence-corrected chi connectivity index (χ0v) is 23.3. The van der Waals surface area contributed by atoms with Gasteiger partial charge in [-0.1, -0.05) is 48.8 Å². The summed E-state index contributed by atoms with van der Waals surface area (Å²) in [7, 11) is 0. The second kappa shape index (κ2) is 11.7.